The highest BCUT2D eigenvalue weighted by atomic mass is 16.3. The van der Waals surface area contributed by atoms with Crippen molar-refractivity contribution in [3.63, 3.8) is 0 Å². The standard InChI is InChI=1S/C15H15N3O/c1-2-15(19)11-7-3-5-9-13(11)18-14-10-6-4-8-12(14)16-17-18/h3-10,15,19H,2H2,1H3/t15-/m0/s1. The highest BCUT2D eigenvalue weighted by Gasteiger charge is 2.14. The van der Waals surface area contributed by atoms with Gasteiger partial charge in [0, 0.05) is 5.56 Å². The Morgan fingerprint density at radius 1 is 1.11 bits per heavy atom. The summed E-state index contributed by atoms with van der Waals surface area (Å²) in [6.45, 7) is 1.96. The first kappa shape index (κ1) is 11.9. The molecule has 0 fully saturated rings. The van der Waals surface area contributed by atoms with E-state index in [0.29, 0.717) is 6.42 Å². The van der Waals surface area contributed by atoms with Crippen LogP contribution < -0.4 is 0 Å². The van der Waals surface area contributed by atoms with Gasteiger partial charge in [-0.15, -0.1) is 5.10 Å². The second-order valence-electron chi connectivity index (χ2n) is 4.47. The monoisotopic (exact) mass is 253 g/mol. The Kier molecular flexibility index (Phi) is 3.01. The SMILES string of the molecule is CC[C@H](O)c1ccccc1-n1nnc2ccccc21. The molecule has 4 heteroatoms. The van der Waals surface area contributed by atoms with E-state index < -0.39 is 6.10 Å². The fourth-order valence-corrected chi connectivity index (χ4v) is 2.23. The Hall–Kier alpha value is -2.20. The van der Waals surface area contributed by atoms with Crippen LogP contribution in [-0.4, -0.2) is 20.1 Å². The van der Waals surface area contributed by atoms with E-state index in [1.54, 1.807) is 4.68 Å². The van der Waals surface area contributed by atoms with Gasteiger partial charge in [0.25, 0.3) is 0 Å². The van der Waals surface area contributed by atoms with E-state index in [0.717, 1.165) is 22.3 Å². The van der Waals surface area contributed by atoms with Gasteiger partial charge >= 0.3 is 0 Å². The molecule has 0 unspecified atom stereocenters. The lowest BCUT2D eigenvalue weighted by Gasteiger charge is -2.13. The summed E-state index contributed by atoms with van der Waals surface area (Å²) in [5.41, 5.74) is 3.55. The molecule has 0 radical (unpaired) electrons. The predicted octanol–water partition coefficient (Wildman–Crippen LogP) is 2.86. The summed E-state index contributed by atoms with van der Waals surface area (Å²) >= 11 is 0. The van der Waals surface area contributed by atoms with E-state index in [1.807, 2.05) is 55.5 Å². The number of nitrogens with zero attached hydrogens (tertiary/aromatic N) is 3. The molecule has 96 valence electrons. The van der Waals surface area contributed by atoms with Crippen molar-refractivity contribution in [3.8, 4) is 5.69 Å². The van der Waals surface area contributed by atoms with Crippen molar-refractivity contribution >= 4 is 11.0 Å². The lowest BCUT2D eigenvalue weighted by atomic mass is 10.1. The molecular weight excluding hydrogens is 238 g/mol. The number of hydrogen-bond donors (Lipinski definition) is 1. The summed E-state index contributed by atoms with van der Waals surface area (Å²) in [4.78, 5) is 0. The van der Waals surface area contributed by atoms with Gasteiger partial charge in [-0.05, 0) is 24.6 Å². The molecule has 1 aromatic heterocycles. The van der Waals surface area contributed by atoms with Crippen molar-refractivity contribution in [2.24, 2.45) is 0 Å². The number of fused-ring (bicyclic) bond motifs is 1. The maximum atomic E-state index is 10.1. The second-order valence-corrected chi connectivity index (χ2v) is 4.47. The van der Waals surface area contributed by atoms with E-state index in [1.165, 1.54) is 0 Å². The molecule has 0 bridgehead atoms. The zero-order valence-corrected chi connectivity index (χ0v) is 10.7. The minimum Gasteiger partial charge on any atom is -0.388 e. The number of para-hydroxylation sites is 2. The zero-order valence-electron chi connectivity index (χ0n) is 10.7. The fraction of sp³-hybridized carbons (Fsp3) is 0.200. The van der Waals surface area contributed by atoms with Crippen molar-refractivity contribution in [2.75, 3.05) is 0 Å². The molecular formula is C15H15N3O. The third-order valence-electron chi connectivity index (χ3n) is 3.26. The molecule has 0 aliphatic carbocycles. The van der Waals surface area contributed by atoms with E-state index >= 15 is 0 Å². The average Bonchev–Trinajstić information content (AvgIpc) is 2.90. The number of benzene rings is 2. The molecule has 0 amide bonds. The maximum Gasteiger partial charge on any atom is 0.113 e. The zero-order chi connectivity index (χ0) is 13.2. The van der Waals surface area contributed by atoms with Crippen LogP contribution in [0.1, 0.15) is 25.0 Å². The molecule has 1 heterocycles. The van der Waals surface area contributed by atoms with Crippen LogP contribution in [0.15, 0.2) is 48.5 Å². The molecule has 0 spiro atoms. The van der Waals surface area contributed by atoms with Crippen LogP contribution in [0, 0.1) is 0 Å². The summed E-state index contributed by atoms with van der Waals surface area (Å²) in [5.74, 6) is 0. The Labute approximate surface area is 111 Å². The molecule has 1 N–H and O–H groups in total. The van der Waals surface area contributed by atoms with E-state index in [2.05, 4.69) is 10.3 Å². The summed E-state index contributed by atoms with van der Waals surface area (Å²) in [5, 5.41) is 18.5. The van der Waals surface area contributed by atoms with Crippen LogP contribution in [0.25, 0.3) is 16.7 Å². The molecule has 0 aliphatic rings. The number of aliphatic hydroxyl groups excluding tert-OH is 1. The first-order chi connectivity index (χ1) is 9.31. The Morgan fingerprint density at radius 2 is 1.84 bits per heavy atom. The molecule has 0 saturated heterocycles. The summed E-state index contributed by atoms with van der Waals surface area (Å²) in [7, 11) is 0. The van der Waals surface area contributed by atoms with Crippen molar-refractivity contribution < 1.29 is 5.11 Å². The summed E-state index contributed by atoms with van der Waals surface area (Å²) in [6.07, 6.45) is 0.183. The molecule has 3 aromatic rings. The van der Waals surface area contributed by atoms with Gasteiger partial charge in [-0.2, -0.15) is 0 Å². The Bertz CT molecular complexity index is 705. The van der Waals surface area contributed by atoms with E-state index in [4.69, 9.17) is 0 Å². The quantitative estimate of drug-likeness (QED) is 0.780. The molecule has 2 aromatic carbocycles. The smallest absolute Gasteiger partial charge is 0.113 e. The number of aromatic nitrogens is 3. The van der Waals surface area contributed by atoms with Gasteiger partial charge in [0.1, 0.15) is 5.52 Å². The lowest BCUT2D eigenvalue weighted by molar-refractivity contribution is 0.173. The van der Waals surface area contributed by atoms with Crippen LogP contribution in [0.5, 0.6) is 0 Å². The Balaban J connectivity index is 2.22. The van der Waals surface area contributed by atoms with Gasteiger partial charge in [-0.1, -0.05) is 42.5 Å². The largest absolute Gasteiger partial charge is 0.388 e. The molecule has 19 heavy (non-hydrogen) atoms. The highest BCUT2D eigenvalue weighted by molar-refractivity contribution is 5.76. The topological polar surface area (TPSA) is 50.9 Å². The van der Waals surface area contributed by atoms with Crippen LogP contribution in [0.3, 0.4) is 0 Å². The van der Waals surface area contributed by atoms with Crippen molar-refractivity contribution in [1.82, 2.24) is 15.0 Å². The number of hydrogen-bond acceptors (Lipinski definition) is 3. The summed E-state index contributed by atoms with van der Waals surface area (Å²) in [6, 6.07) is 15.6. The first-order valence-corrected chi connectivity index (χ1v) is 6.39. The molecule has 3 rings (SSSR count). The van der Waals surface area contributed by atoms with Crippen molar-refractivity contribution in [3.05, 3.63) is 54.1 Å². The van der Waals surface area contributed by atoms with Crippen molar-refractivity contribution in [2.45, 2.75) is 19.4 Å². The highest BCUT2D eigenvalue weighted by Crippen LogP contribution is 2.25. The predicted molar refractivity (Wildman–Crippen MR) is 74.1 cm³/mol. The fourth-order valence-electron chi connectivity index (χ4n) is 2.23. The van der Waals surface area contributed by atoms with Crippen LogP contribution in [0.2, 0.25) is 0 Å². The van der Waals surface area contributed by atoms with Gasteiger partial charge in [0.05, 0.1) is 17.3 Å². The normalized spacial score (nSPS) is 12.7. The van der Waals surface area contributed by atoms with Gasteiger partial charge in [0.15, 0.2) is 0 Å². The minimum absolute atomic E-state index is 0.487. The average molecular weight is 253 g/mol. The third kappa shape index (κ3) is 2.00. The molecule has 4 nitrogen and oxygen atoms in total. The van der Waals surface area contributed by atoms with Gasteiger partial charge < -0.3 is 5.11 Å². The number of rotatable bonds is 3. The molecule has 1 atom stereocenters. The number of aliphatic hydroxyl groups is 1. The van der Waals surface area contributed by atoms with E-state index in [9.17, 15) is 5.11 Å². The third-order valence-corrected chi connectivity index (χ3v) is 3.26. The first-order valence-electron chi connectivity index (χ1n) is 6.39. The van der Waals surface area contributed by atoms with Crippen LogP contribution in [0.4, 0.5) is 0 Å². The maximum absolute atomic E-state index is 10.1. The van der Waals surface area contributed by atoms with Crippen molar-refractivity contribution in [1.29, 1.82) is 0 Å². The van der Waals surface area contributed by atoms with E-state index in [-0.39, 0.29) is 0 Å². The Morgan fingerprint density at radius 3 is 2.68 bits per heavy atom. The lowest BCUT2D eigenvalue weighted by Crippen LogP contribution is -2.05. The van der Waals surface area contributed by atoms with Gasteiger partial charge in [0.2, 0.25) is 0 Å². The van der Waals surface area contributed by atoms with Gasteiger partial charge in [-0.3, -0.25) is 0 Å². The van der Waals surface area contributed by atoms with Crippen LogP contribution in [-0.2, 0) is 0 Å². The van der Waals surface area contributed by atoms with Crippen LogP contribution >= 0.6 is 0 Å². The van der Waals surface area contributed by atoms with Gasteiger partial charge in [-0.25, -0.2) is 4.68 Å². The molecule has 0 aliphatic heterocycles. The summed E-state index contributed by atoms with van der Waals surface area (Å²) < 4.78 is 1.78. The molecule has 0 saturated carbocycles. The minimum atomic E-state index is -0.487. The second kappa shape index (κ2) is 4.82.